The van der Waals surface area contributed by atoms with Crippen LogP contribution in [-0.4, -0.2) is 17.0 Å². The molecule has 0 aromatic rings. The zero-order valence-electron chi connectivity index (χ0n) is 10.1. The molecule has 0 radical (unpaired) electrons. The molecule has 2 atom stereocenters. The predicted molar refractivity (Wildman–Crippen MR) is 64.0 cm³/mol. The van der Waals surface area contributed by atoms with Crippen molar-refractivity contribution < 1.29 is 9.90 Å². The van der Waals surface area contributed by atoms with Crippen molar-refractivity contribution in [2.45, 2.75) is 39.7 Å². The molecule has 16 heavy (non-hydrogen) atoms. The van der Waals surface area contributed by atoms with Gasteiger partial charge in [-0.1, -0.05) is 24.6 Å². The molecule has 0 fully saturated rings. The lowest BCUT2D eigenvalue weighted by Gasteiger charge is -2.30. The van der Waals surface area contributed by atoms with E-state index in [1.807, 2.05) is 32.9 Å². The number of carbonyl (C=O) groups excluding carboxylic acids is 1. The van der Waals surface area contributed by atoms with E-state index in [1.165, 1.54) is 0 Å². The van der Waals surface area contributed by atoms with Gasteiger partial charge in [0.25, 0.3) is 0 Å². The molecule has 0 heterocycles. The fourth-order valence-corrected chi connectivity index (χ4v) is 2.57. The molecule has 0 aromatic carbocycles. The van der Waals surface area contributed by atoms with E-state index >= 15 is 0 Å². The standard InChI is InChI=1S/C14H18O2/c1-4-10-8-13(16)14(3)11(10)6-5-9(2)7-12(14)15/h5-6,8,12,15H,4,7H2,1-3H3. The van der Waals surface area contributed by atoms with E-state index in [-0.39, 0.29) is 5.78 Å². The molecule has 0 bridgehead atoms. The topological polar surface area (TPSA) is 37.3 Å². The van der Waals surface area contributed by atoms with E-state index in [9.17, 15) is 9.90 Å². The van der Waals surface area contributed by atoms with Gasteiger partial charge in [-0.2, -0.15) is 0 Å². The van der Waals surface area contributed by atoms with Crippen LogP contribution in [0.3, 0.4) is 0 Å². The summed E-state index contributed by atoms with van der Waals surface area (Å²) in [6, 6.07) is 0. The zero-order chi connectivity index (χ0) is 11.9. The van der Waals surface area contributed by atoms with Crippen molar-refractivity contribution in [2.75, 3.05) is 0 Å². The lowest BCUT2D eigenvalue weighted by atomic mass is 9.75. The minimum atomic E-state index is -0.723. The number of allylic oxidation sites excluding steroid dienone is 4. The lowest BCUT2D eigenvalue weighted by molar-refractivity contribution is -0.125. The monoisotopic (exact) mass is 218 g/mol. The van der Waals surface area contributed by atoms with Gasteiger partial charge < -0.3 is 5.11 Å². The third-order valence-electron chi connectivity index (χ3n) is 3.82. The second kappa shape index (κ2) is 3.70. The molecule has 0 aromatic heterocycles. The first kappa shape index (κ1) is 11.3. The number of ketones is 1. The highest BCUT2D eigenvalue weighted by molar-refractivity contribution is 6.03. The summed E-state index contributed by atoms with van der Waals surface area (Å²) in [6.45, 7) is 5.89. The first-order valence-corrected chi connectivity index (χ1v) is 5.81. The maximum atomic E-state index is 12.1. The van der Waals surface area contributed by atoms with Gasteiger partial charge in [0.1, 0.15) is 0 Å². The maximum absolute atomic E-state index is 12.1. The highest BCUT2D eigenvalue weighted by Crippen LogP contribution is 2.46. The Labute approximate surface area is 96.4 Å². The summed E-state index contributed by atoms with van der Waals surface area (Å²) in [5.74, 6) is 0.0474. The number of fused-ring (bicyclic) bond motifs is 1. The third kappa shape index (κ3) is 1.40. The number of hydrogen-bond donors (Lipinski definition) is 1. The zero-order valence-corrected chi connectivity index (χ0v) is 10.1. The Kier molecular flexibility index (Phi) is 2.62. The van der Waals surface area contributed by atoms with Gasteiger partial charge in [-0.05, 0) is 43.9 Å². The molecule has 0 spiro atoms. The summed E-state index contributed by atoms with van der Waals surface area (Å²) in [5, 5.41) is 10.2. The molecule has 0 saturated heterocycles. The van der Waals surface area contributed by atoms with Gasteiger partial charge >= 0.3 is 0 Å². The first-order valence-electron chi connectivity index (χ1n) is 5.81. The fraction of sp³-hybridized carbons (Fsp3) is 0.500. The molecule has 2 heteroatoms. The second-order valence-electron chi connectivity index (χ2n) is 4.90. The van der Waals surface area contributed by atoms with Gasteiger partial charge in [0.15, 0.2) is 5.78 Å². The molecular formula is C14H18O2. The minimum Gasteiger partial charge on any atom is -0.391 e. The molecule has 0 amide bonds. The summed E-state index contributed by atoms with van der Waals surface area (Å²) < 4.78 is 0. The SMILES string of the molecule is CCC1=CC(=O)C2(C)C1=CC=C(C)CC2O. The summed E-state index contributed by atoms with van der Waals surface area (Å²) in [7, 11) is 0. The van der Waals surface area contributed by atoms with Crippen molar-refractivity contribution in [3.05, 3.63) is 34.9 Å². The molecule has 2 nitrogen and oxygen atoms in total. The van der Waals surface area contributed by atoms with E-state index in [0.717, 1.165) is 23.1 Å². The van der Waals surface area contributed by atoms with Crippen LogP contribution in [0, 0.1) is 5.41 Å². The van der Waals surface area contributed by atoms with Crippen LogP contribution in [0.1, 0.15) is 33.6 Å². The average molecular weight is 218 g/mol. The van der Waals surface area contributed by atoms with Crippen molar-refractivity contribution in [3.8, 4) is 0 Å². The van der Waals surface area contributed by atoms with Gasteiger partial charge in [-0.25, -0.2) is 0 Å². The Morgan fingerprint density at radius 3 is 2.81 bits per heavy atom. The molecule has 1 N–H and O–H groups in total. The summed E-state index contributed by atoms with van der Waals surface area (Å²) >= 11 is 0. The number of rotatable bonds is 1. The van der Waals surface area contributed by atoms with Crippen molar-refractivity contribution in [2.24, 2.45) is 5.41 Å². The van der Waals surface area contributed by atoms with Gasteiger partial charge in [0.05, 0.1) is 11.5 Å². The Hall–Kier alpha value is -1.15. The smallest absolute Gasteiger partial charge is 0.168 e. The largest absolute Gasteiger partial charge is 0.391 e. The lowest BCUT2D eigenvalue weighted by Crippen LogP contribution is -2.37. The average Bonchev–Trinajstić information content (AvgIpc) is 2.42. The number of carbonyl (C=O) groups is 1. The van der Waals surface area contributed by atoms with Gasteiger partial charge in [-0.3, -0.25) is 4.79 Å². The van der Waals surface area contributed by atoms with Crippen LogP contribution in [0.2, 0.25) is 0 Å². The van der Waals surface area contributed by atoms with Crippen molar-refractivity contribution in [3.63, 3.8) is 0 Å². The Morgan fingerprint density at radius 2 is 2.19 bits per heavy atom. The van der Waals surface area contributed by atoms with E-state index in [2.05, 4.69) is 0 Å². The molecule has 86 valence electrons. The normalized spacial score (nSPS) is 33.9. The highest BCUT2D eigenvalue weighted by atomic mass is 16.3. The predicted octanol–water partition coefficient (Wildman–Crippen LogP) is 2.55. The van der Waals surface area contributed by atoms with Crippen molar-refractivity contribution in [1.29, 1.82) is 0 Å². The first-order chi connectivity index (χ1) is 7.50. The van der Waals surface area contributed by atoms with Gasteiger partial charge in [0, 0.05) is 0 Å². The molecule has 2 aliphatic rings. The van der Waals surface area contributed by atoms with Crippen LogP contribution < -0.4 is 0 Å². The van der Waals surface area contributed by atoms with Crippen LogP contribution in [0.4, 0.5) is 0 Å². The Balaban J connectivity index is 2.54. The third-order valence-corrected chi connectivity index (χ3v) is 3.82. The van der Waals surface area contributed by atoms with E-state index in [1.54, 1.807) is 6.08 Å². The molecular weight excluding hydrogens is 200 g/mol. The van der Waals surface area contributed by atoms with E-state index < -0.39 is 11.5 Å². The fourth-order valence-electron chi connectivity index (χ4n) is 2.57. The van der Waals surface area contributed by atoms with Crippen LogP contribution in [-0.2, 0) is 4.79 Å². The van der Waals surface area contributed by atoms with Gasteiger partial charge in [0.2, 0.25) is 0 Å². The molecule has 2 rings (SSSR count). The maximum Gasteiger partial charge on any atom is 0.168 e. The minimum absolute atomic E-state index is 0.0474. The second-order valence-corrected chi connectivity index (χ2v) is 4.90. The molecule has 2 aliphatic carbocycles. The van der Waals surface area contributed by atoms with Gasteiger partial charge in [-0.15, -0.1) is 0 Å². The summed E-state index contributed by atoms with van der Waals surface area (Å²) in [4.78, 5) is 12.1. The Bertz CT molecular complexity index is 426. The van der Waals surface area contributed by atoms with Crippen LogP contribution in [0.5, 0.6) is 0 Å². The molecule has 0 aliphatic heterocycles. The highest BCUT2D eigenvalue weighted by Gasteiger charge is 2.47. The molecule has 2 unspecified atom stereocenters. The van der Waals surface area contributed by atoms with Crippen LogP contribution >= 0.6 is 0 Å². The van der Waals surface area contributed by atoms with E-state index in [0.29, 0.717) is 6.42 Å². The molecule has 0 saturated carbocycles. The van der Waals surface area contributed by atoms with Crippen molar-refractivity contribution >= 4 is 5.78 Å². The summed E-state index contributed by atoms with van der Waals surface area (Å²) in [5.41, 5.74) is 2.47. The van der Waals surface area contributed by atoms with Crippen LogP contribution in [0.15, 0.2) is 34.9 Å². The van der Waals surface area contributed by atoms with Crippen LogP contribution in [0.25, 0.3) is 0 Å². The summed E-state index contributed by atoms with van der Waals surface area (Å²) in [6.07, 6.45) is 6.53. The number of hydrogen-bond acceptors (Lipinski definition) is 2. The quantitative estimate of drug-likeness (QED) is 0.734. The van der Waals surface area contributed by atoms with Crippen molar-refractivity contribution in [1.82, 2.24) is 0 Å². The Morgan fingerprint density at radius 1 is 1.50 bits per heavy atom. The number of aliphatic hydroxyl groups is 1. The number of aliphatic hydroxyl groups excluding tert-OH is 1. The van der Waals surface area contributed by atoms with E-state index in [4.69, 9.17) is 0 Å².